The molecule has 0 aliphatic carbocycles. The first-order chi connectivity index (χ1) is 8.29. The molecule has 1 heteroatoms. The van der Waals surface area contributed by atoms with Gasteiger partial charge in [0, 0.05) is 6.04 Å². The van der Waals surface area contributed by atoms with E-state index in [4.69, 9.17) is 0 Å². The van der Waals surface area contributed by atoms with Crippen molar-refractivity contribution in [3.8, 4) is 0 Å². The normalized spacial score (nSPS) is 12.9. The lowest BCUT2D eigenvalue weighted by atomic mass is 9.99. The second-order valence-electron chi connectivity index (χ2n) is 4.85. The standard InChI is InChI=1S/C16H27N/c1-4-6-7-11-14-16(17(3)5-2)15-12-9-8-10-13-15/h8-10,12-13,16H,4-7,11,14H2,1-3H3. The lowest BCUT2D eigenvalue weighted by molar-refractivity contribution is 0.239. The number of nitrogens with zero attached hydrogens (tertiary/aromatic N) is 1. The molecule has 0 radical (unpaired) electrons. The Morgan fingerprint density at radius 2 is 1.71 bits per heavy atom. The van der Waals surface area contributed by atoms with Crippen LogP contribution in [0.1, 0.15) is 57.6 Å². The van der Waals surface area contributed by atoms with Crippen LogP contribution in [0, 0.1) is 0 Å². The van der Waals surface area contributed by atoms with Crippen molar-refractivity contribution >= 4 is 0 Å². The van der Waals surface area contributed by atoms with Gasteiger partial charge in [-0.3, -0.25) is 4.90 Å². The van der Waals surface area contributed by atoms with Gasteiger partial charge in [0.25, 0.3) is 0 Å². The van der Waals surface area contributed by atoms with Crippen molar-refractivity contribution in [2.24, 2.45) is 0 Å². The highest BCUT2D eigenvalue weighted by molar-refractivity contribution is 5.18. The van der Waals surface area contributed by atoms with Gasteiger partial charge >= 0.3 is 0 Å². The molecule has 1 rings (SSSR count). The predicted molar refractivity (Wildman–Crippen MR) is 76.2 cm³/mol. The van der Waals surface area contributed by atoms with Gasteiger partial charge in [-0.2, -0.15) is 0 Å². The second kappa shape index (κ2) is 8.30. The maximum absolute atomic E-state index is 2.46. The number of benzene rings is 1. The fourth-order valence-corrected chi connectivity index (χ4v) is 2.30. The van der Waals surface area contributed by atoms with Crippen LogP contribution in [-0.4, -0.2) is 18.5 Å². The van der Waals surface area contributed by atoms with Crippen LogP contribution in [-0.2, 0) is 0 Å². The van der Waals surface area contributed by atoms with Gasteiger partial charge in [-0.1, -0.05) is 69.9 Å². The van der Waals surface area contributed by atoms with E-state index in [2.05, 4.69) is 56.1 Å². The van der Waals surface area contributed by atoms with Crippen LogP contribution < -0.4 is 0 Å². The van der Waals surface area contributed by atoms with Crippen LogP contribution in [0.25, 0.3) is 0 Å². The highest BCUT2D eigenvalue weighted by atomic mass is 15.1. The molecule has 0 aliphatic rings. The number of unbranched alkanes of at least 4 members (excludes halogenated alkanes) is 3. The van der Waals surface area contributed by atoms with Gasteiger partial charge in [0.2, 0.25) is 0 Å². The maximum Gasteiger partial charge on any atom is 0.0344 e. The van der Waals surface area contributed by atoms with Crippen molar-refractivity contribution < 1.29 is 0 Å². The molecule has 0 fully saturated rings. The lowest BCUT2D eigenvalue weighted by Crippen LogP contribution is -2.24. The predicted octanol–water partition coefficient (Wildman–Crippen LogP) is 4.65. The molecule has 1 aromatic rings. The topological polar surface area (TPSA) is 3.24 Å². The number of hydrogen-bond acceptors (Lipinski definition) is 1. The van der Waals surface area contributed by atoms with E-state index in [1.165, 1.54) is 37.7 Å². The molecule has 0 saturated heterocycles. The Hall–Kier alpha value is -0.820. The third-order valence-corrected chi connectivity index (χ3v) is 3.55. The molecule has 17 heavy (non-hydrogen) atoms. The molecule has 0 aliphatic heterocycles. The summed E-state index contributed by atoms with van der Waals surface area (Å²) in [6.07, 6.45) is 6.69. The Kier molecular flexibility index (Phi) is 6.95. The summed E-state index contributed by atoms with van der Waals surface area (Å²) >= 11 is 0. The number of hydrogen-bond donors (Lipinski definition) is 0. The summed E-state index contributed by atoms with van der Waals surface area (Å²) < 4.78 is 0. The van der Waals surface area contributed by atoms with Crippen molar-refractivity contribution in [3.63, 3.8) is 0 Å². The fraction of sp³-hybridized carbons (Fsp3) is 0.625. The minimum Gasteiger partial charge on any atom is -0.300 e. The van der Waals surface area contributed by atoms with Crippen molar-refractivity contribution in [2.45, 2.75) is 52.0 Å². The summed E-state index contributed by atoms with van der Waals surface area (Å²) in [6, 6.07) is 11.5. The van der Waals surface area contributed by atoms with Crippen LogP contribution in [0.15, 0.2) is 30.3 Å². The van der Waals surface area contributed by atoms with Gasteiger partial charge in [0.05, 0.1) is 0 Å². The fourth-order valence-electron chi connectivity index (χ4n) is 2.30. The Bertz CT molecular complexity index is 281. The molecule has 0 heterocycles. The Labute approximate surface area is 107 Å². The van der Waals surface area contributed by atoms with Crippen LogP contribution in [0.5, 0.6) is 0 Å². The molecule has 0 bridgehead atoms. The molecular weight excluding hydrogens is 206 g/mol. The first-order valence-corrected chi connectivity index (χ1v) is 7.04. The molecule has 1 nitrogen and oxygen atoms in total. The summed E-state index contributed by atoms with van der Waals surface area (Å²) in [5, 5.41) is 0. The summed E-state index contributed by atoms with van der Waals surface area (Å²) in [4.78, 5) is 2.46. The third-order valence-electron chi connectivity index (χ3n) is 3.55. The van der Waals surface area contributed by atoms with Crippen LogP contribution in [0.3, 0.4) is 0 Å². The van der Waals surface area contributed by atoms with Gasteiger partial charge in [0.1, 0.15) is 0 Å². The van der Waals surface area contributed by atoms with Crippen molar-refractivity contribution in [2.75, 3.05) is 13.6 Å². The maximum atomic E-state index is 2.46. The zero-order valence-corrected chi connectivity index (χ0v) is 11.7. The molecule has 0 N–H and O–H groups in total. The second-order valence-corrected chi connectivity index (χ2v) is 4.85. The van der Waals surface area contributed by atoms with Crippen LogP contribution >= 0.6 is 0 Å². The van der Waals surface area contributed by atoms with Gasteiger partial charge < -0.3 is 0 Å². The zero-order chi connectivity index (χ0) is 12.5. The molecule has 0 spiro atoms. The molecule has 1 atom stereocenters. The van der Waals surface area contributed by atoms with Crippen molar-refractivity contribution in [1.29, 1.82) is 0 Å². The van der Waals surface area contributed by atoms with E-state index in [0.29, 0.717) is 6.04 Å². The molecule has 1 unspecified atom stereocenters. The van der Waals surface area contributed by atoms with E-state index in [1.807, 2.05) is 0 Å². The van der Waals surface area contributed by atoms with Gasteiger partial charge in [0.15, 0.2) is 0 Å². The number of rotatable bonds is 8. The minimum atomic E-state index is 0.595. The van der Waals surface area contributed by atoms with E-state index in [-0.39, 0.29) is 0 Å². The van der Waals surface area contributed by atoms with E-state index in [9.17, 15) is 0 Å². The van der Waals surface area contributed by atoms with Gasteiger partial charge in [-0.15, -0.1) is 0 Å². The van der Waals surface area contributed by atoms with Crippen LogP contribution in [0.4, 0.5) is 0 Å². The summed E-state index contributed by atoms with van der Waals surface area (Å²) in [7, 11) is 2.23. The lowest BCUT2D eigenvalue weighted by Gasteiger charge is -2.27. The molecular formula is C16H27N. The largest absolute Gasteiger partial charge is 0.300 e. The summed E-state index contributed by atoms with van der Waals surface area (Å²) in [6.45, 7) is 5.63. The Balaban J connectivity index is 2.55. The average molecular weight is 233 g/mol. The first kappa shape index (κ1) is 14.2. The molecule has 1 aromatic carbocycles. The molecule has 0 saturated carbocycles. The van der Waals surface area contributed by atoms with Gasteiger partial charge in [-0.05, 0) is 25.6 Å². The summed E-state index contributed by atoms with van der Waals surface area (Å²) in [5.41, 5.74) is 1.47. The highest BCUT2D eigenvalue weighted by Crippen LogP contribution is 2.25. The third kappa shape index (κ3) is 4.91. The Morgan fingerprint density at radius 3 is 2.29 bits per heavy atom. The van der Waals surface area contributed by atoms with E-state index < -0.39 is 0 Å². The summed E-state index contributed by atoms with van der Waals surface area (Å²) in [5.74, 6) is 0. The SMILES string of the molecule is CCCCCCC(c1ccccc1)N(C)CC. The van der Waals surface area contributed by atoms with Gasteiger partial charge in [-0.25, -0.2) is 0 Å². The van der Waals surface area contributed by atoms with E-state index in [1.54, 1.807) is 0 Å². The van der Waals surface area contributed by atoms with E-state index >= 15 is 0 Å². The zero-order valence-electron chi connectivity index (χ0n) is 11.7. The smallest absolute Gasteiger partial charge is 0.0344 e. The Morgan fingerprint density at radius 1 is 1.00 bits per heavy atom. The minimum absolute atomic E-state index is 0.595. The van der Waals surface area contributed by atoms with Crippen LogP contribution in [0.2, 0.25) is 0 Å². The average Bonchev–Trinajstić information content (AvgIpc) is 2.39. The quantitative estimate of drug-likeness (QED) is 0.591. The molecule has 96 valence electrons. The monoisotopic (exact) mass is 233 g/mol. The van der Waals surface area contributed by atoms with Crippen molar-refractivity contribution in [3.05, 3.63) is 35.9 Å². The molecule has 0 amide bonds. The van der Waals surface area contributed by atoms with E-state index in [0.717, 1.165) is 6.54 Å². The molecule has 0 aromatic heterocycles. The van der Waals surface area contributed by atoms with Crippen molar-refractivity contribution in [1.82, 2.24) is 4.90 Å². The first-order valence-electron chi connectivity index (χ1n) is 7.04. The highest BCUT2D eigenvalue weighted by Gasteiger charge is 2.14.